The number of carboxylic acids is 1. The van der Waals surface area contributed by atoms with Crippen LogP contribution in [0, 0.1) is 0 Å². The first kappa shape index (κ1) is 9.82. The number of carbonyl (C=O) groups is 1. The average molecular weight is 200 g/mol. The number of aliphatic carboxylic acids is 1. The van der Waals surface area contributed by atoms with Crippen molar-refractivity contribution in [3.05, 3.63) is 12.1 Å². The van der Waals surface area contributed by atoms with E-state index in [1.54, 1.807) is 0 Å². The van der Waals surface area contributed by atoms with E-state index in [2.05, 4.69) is 4.74 Å². The third-order valence-electron chi connectivity index (χ3n) is 1.61. The van der Waals surface area contributed by atoms with Gasteiger partial charge in [0.25, 0.3) is 0 Å². The summed E-state index contributed by atoms with van der Waals surface area (Å²) in [4.78, 5) is 10.3. The maximum Gasteiger partial charge on any atom is 0.439 e. The molecule has 1 N–H and O–H groups in total. The summed E-state index contributed by atoms with van der Waals surface area (Å²) < 4.78 is 52.5. The fourth-order valence-corrected chi connectivity index (χ4v) is 0.900. The third-order valence-corrected chi connectivity index (χ3v) is 1.61. The van der Waals surface area contributed by atoms with Gasteiger partial charge in [-0.3, -0.25) is 0 Å². The number of halogens is 4. The molecule has 0 fully saturated rings. The largest absolute Gasteiger partial charge is 0.478 e. The van der Waals surface area contributed by atoms with Crippen molar-refractivity contribution in [2.45, 2.75) is 18.2 Å². The molecule has 0 aromatic heterocycles. The first-order valence-electron chi connectivity index (χ1n) is 3.12. The Morgan fingerprint density at radius 1 is 1.62 bits per heavy atom. The van der Waals surface area contributed by atoms with Crippen molar-refractivity contribution in [1.29, 1.82) is 0 Å². The van der Waals surface area contributed by atoms with E-state index in [1.165, 1.54) is 0 Å². The van der Waals surface area contributed by atoms with Crippen LogP contribution in [0.1, 0.15) is 6.42 Å². The van der Waals surface area contributed by atoms with E-state index in [1.807, 2.05) is 0 Å². The Balaban J connectivity index is 3.01. The van der Waals surface area contributed by atoms with E-state index >= 15 is 0 Å². The minimum atomic E-state index is -5.14. The normalized spacial score (nSPS) is 28.2. The van der Waals surface area contributed by atoms with Gasteiger partial charge in [0.2, 0.25) is 0 Å². The molecule has 3 nitrogen and oxygen atoms in total. The van der Waals surface area contributed by atoms with E-state index in [-0.39, 0.29) is 6.26 Å². The molecular formula is C6H4F4O3. The summed E-state index contributed by atoms with van der Waals surface area (Å²) in [7, 11) is 0. The predicted molar refractivity (Wildman–Crippen MR) is 31.3 cm³/mol. The van der Waals surface area contributed by atoms with Gasteiger partial charge in [0, 0.05) is 0 Å². The van der Waals surface area contributed by atoms with E-state index in [4.69, 9.17) is 5.11 Å². The van der Waals surface area contributed by atoms with Crippen LogP contribution < -0.4 is 0 Å². The van der Waals surface area contributed by atoms with Crippen LogP contribution in [0.5, 0.6) is 0 Å². The van der Waals surface area contributed by atoms with E-state index in [0.29, 0.717) is 0 Å². The molecule has 7 heteroatoms. The second-order valence-electron chi connectivity index (χ2n) is 2.49. The summed E-state index contributed by atoms with van der Waals surface area (Å²) in [5.74, 6) is -3.48. The number of rotatable bonds is 1. The Kier molecular flexibility index (Phi) is 1.97. The molecule has 1 aliphatic rings. The van der Waals surface area contributed by atoms with Crippen LogP contribution in [-0.4, -0.2) is 22.9 Å². The van der Waals surface area contributed by atoms with E-state index in [9.17, 15) is 22.4 Å². The Morgan fingerprint density at radius 2 is 2.15 bits per heavy atom. The zero-order chi connectivity index (χ0) is 10.3. The van der Waals surface area contributed by atoms with Crippen LogP contribution >= 0.6 is 0 Å². The second-order valence-corrected chi connectivity index (χ2v) is 2.49. The van der Waals surface area contributed by atoms with Gasteiger partial charge in [-0.05, 0) is 0 Å². The second kappa shape index (κ2) is 2.61. The van der Waals surface area contributed by atoms with Gasteiger partial charge in [0.15, 0.2) is 0 Å². The van der Waals surface area contributed by atoms with Crippen molar-refractivity contribution in [2.75, 3.05) is 0 Å². The Hall–Kier alpha value is -1.27. The highest BCUT2D eigenvalue weighted by Gasteiger charge is 2.65. The fraction of sp³-hybridized carbons (Fsp3) is 0.500. The van der Waals surface area contributed by atoms with Crippen LogP contribution in [0.2, 0.25) is 0 Å². The topological polar surface area (TPSA) is 46.5 Å². The van der Waals surface area contributed by atoms with Crippen LogP contribution in [-0.2, 0) is 9.53 Å². The number of hydrogen-bond acceptors (Lipinski definition) is 2. The summed E-state index contributed by atoms with van der Waals surface area (Å²) in [5, 5.41) is 8.27. The predicted octanol–water partition coefficient (Wildman–Crippen LogP) is 1.60. The van der Waals surface area contributed by atoms with Crippen LogP contribution in [0.4, 0.5) is 17.6 Å². The monoisotopic (exact) mass is 200 g/mol. The molecule has 0 aromatic carbocycles. The first-order chi connectivity index (χ1) is 5.79. The summed E-state index contributed by atoms with van der Waals surface area (Å²) in [6, 6.07) is 0. The van der Waals surface area contributed by atoms with E-state index in [0.717, 1.165) is 0 Å². The highest BCUT2D eigenvalue weighted by molar-refractivity contribution is 5.79. The molecule has 0 spiro atoms. The van der Waals surface area contributed by atoms with Gasteiger partial charge in [0.05, 0.1) is 6.42 Å². The molecule has 1 heterocycles. The molecule has 0 aliphatic carbocycles. The zero-order valence-electron chi connectivity index (χ0n) is 6.06. The lowest BCUT2D eigenvalue weighted by Crippen LogP contribution is -2.51. The van der Waals surface area contributed by atoms with Crippen molar-refractivity contribution < 1.29 is 32.2 Å². The number of carboxylic acid groups (broad SMARTS) is 1. The highest BCUT2D eigenvalue weighted by atomic mass is 19.4. The summed E-state index contributed by atoms with van der Waals surface area (Å²) >= 11 is 0. The Labute approximate surface area is 69.6 Å². The SMILES string of the molecule is O=C(O)C1(C(F)(F)F)CC(F)=CO1. The highest BCUT2D eigenvalue weighted by Crippen LogP contribution is 2.43. The van der Waals surface area contributed by atoms with Crippen LogP contribution in [0.15, 0.2) is 12.1 Å². The van der Waals surface area contributed by atoms with Gasteiger partial charge in [-0.1, -0.05) is 0 Å². The van der Waals surface area contributed by atoms with Gasteiger partial charge in [-0.25, -0.2) is 9.18 Å². The molecule has 0 saturated heterocycles. The number of ether oxygens (including phenoxy) is 1. The maximum atomic E-state index is 12.3. The van der Waals surface area contributed by atoms with Crippen molar-refractivity contribution in [2.24, 2.45) is 0 Å². The minimum Gasteiger partial charge on any atom is -0.478 e. The number of alkyl halides is 3. The van der Waals surface area contributed by atoms with Gasteiger partial charge in [-0.15, -0.1) is 0 Å². The number of hydrogen-bond donors (Lipinski definition) is 1. The van der Waals surface area contributed by atoms with Crippen LogP contribution in [0.25, 0.3) is 0 Å². The van der Waals surface area contributed by atoms with Gasteiger partial charge in [-0.2, -0.15) is 13.2 Å². The summed E-state index contributed by atoms with van der Waals surface area (Å²) in [6.07, 6.45) is -6.28. The average Bonchev–Trinajstić information content (AvgIpc) is 2.30. The fourth-order valence-electron chi connectivity index (χ4n) is 0.900. The molecule has 1 unspecified atom stereocenters. The molecule has 1 rings (SSSR count). The molecule has 0 saturated carbocycles. The lowest BCUT2D eigenvalue weighted by atomic mass is 10.0. The van der Waals surface area contributed by atoms with Crippen molar-refractivity contribution >= 4 is 5.97 Å². The minimum absolute atomic E-state index is 0.168. The molecule has 74 valence electrons. The molecule has 0 radical (unpaired) electrons. The summed E-state index contributed by atoms with van der Waals surface area (Å²) in [6.45, 7) is 0. The van der Waals surface area contributed by atoms with Crippen molar-refractivity contribution in [1.82, 2.24) is 0 Å². The van der Waals surface area contributed by atoms with E-state index < -0.39 is 30.0 Å². The zero-order valence-corrected chi connectivity index (χ0v) is 6.06. The Bertz CT molecular complexity index is 270. The molecule has 1 aliphatic heterocycles. The molecule has 13 heavy (non-hydrogen) atoms. The van der Waals surface area contributed by atoms with Gasteiger partial charge < -0.3 is 9.84 Å². The lowest BCUT2D eigenvalue weighted by Gasteiger charge is -2.25. The standard InChI is InChI=1S/C6H4F4O3/c7-3-1-5(4(11)12,13-2-3)6(8,9)10/h2H,1H2,(H,11,12). The molecule has 1 atom stereocenters. The van der Waals surface area contributed by atoms with Gasteiger partial charge in [0.1, 0.15) is 12.1 Å². The molecule has 0 bridgehead atoms. The third kappa shape index (κ3) is 1.34. The Morgan fingerprint density at radius 3 is 2.31 bits per heavy atom. The lowest BCUT2D eigenvalue weighted by molar-refractivity contribution is -0.255. The quantitative estimate of drug-likeness (QED) is 0.654. The first-order valence-corrected chi connectivity index (χ1v) is 3.12. The molecule has 0 amide bonds. The molecule has 0 aromatic rings. The van der Waals surface area contributed by atoms with Crippen LogP contribution in [0.3, 0.4) is 0 Å². The van der Waals surface area contributed by atoms with Gasteiger partial charge >= 0.3 is 17.7 Å². The summed E-state index contributed by atoms with van der Waals surface area (Å²) in [5.41, 5.74) is -3.45. The molecular weight excluding hydrogens is 196 g/mol. The maximum absolute atomic E-state index is 12.3. The van der Waals surface area contributed by atoms with Crippen molar-refractivity contribution in [3.63, 3.8) is 0 Å². The smallest absolute Gasteiger partial charge is 0.439 e. The van der Waals surface area contributed by atoms with Crippen molar-refractivity contribution in [3.8, 4) is 0 Å².